The monoisotopic (exact) mass is 293 g/mol. The van der Waals surface area contributed by atoms with Gasteiger partial charge in [-0.05, 0) is 25.7 Å². The van der Waals surface area contributed by atoms with Crippen molar-refractivity contribution in [2.45, 2.75) is 38.8 Å². The van der Waals surface area contributed by atoms with E-state index in [0.717, 1.165) is 45.4 Å². The van der Waals surface area contributed by atoms with Gasteiger partial charge in [-0.2, -0.15) is 5.10 Å². The molecular weight excluding hydrogens is 266 g/mol. The molecular formula is C16H27N3O2. The maximum atomic E-state index is 5.47. The van der Waals surface area contributed by atoms with E-state index in [2.05, 4.69) is 22.7 Å². The van der Waals surface area contributed by atoms with Crippen LogP contribution in [0.15, 0.2) is 6.20 Å². The molecule has 1 fully saturated rings. The van der Waals surface area contributed by atoms with Crippen molar-refractivity contribution in [1.29, 1.82) is 0 Å². The van der Waals surface area contributed by atoms with Crippen LogP contribution in [-0.2, 0) is 22.6 Å². The molecule has 0 N–H and O–H groups in total. The van der Waals surface area contributed by atoms with Gasteiger partial charge in [-0.25, -0.2) is 0 Å². The third-order valence-electron chi connectivity index (χ3n) is 4.68. The highest BCUT2D eigenvalue weighted by Gasteiger charge is 2.30. The normalized spacial score (nSPS) is 24.2. The van der Waals surface area contributed by atoms with Gasteiger partial charge in [0.05, 0.1) is 12.3 Å². The van der Waals surface area contributed by atoms with Crippen molar-refractivity contribution in [3.63, 3.8) is 0 Å². The molecule has 0 saturated carbocycles. The average molecular weight is 293 g/mol. The first kappa shape index (κ1) is 15.0. The fraction of sp³-hybridized carbons (Fsp3) is 0.812. The Morgan fingerprint density at radius 3 is 2.90 bits per heavy atom. The molecule has 3 rings (SSSR count). The van der Waals surface area contributed by atoms with Crippen LogP contribution in [0.1, 0.15) is 36.9 Å². The number of fused-ring (bicyclic) bond motifs is 1. The van der Waals surface area contributed by atoms with E-state index in [1.54, 1.807) is 7.11 Å². The number of methoxy groups -OCH3 is 1. The molecule has 0 spiro atoms. The molecule has 1 atom stereocenters. The van der Waals surface area contributed by atoms with Crippen LogP contribution in [0.3, 0.4) is 0 Å². The van der Waals surface area contributed by atoms with Crippen molar-refractivity contribution < 1.29 is 9.47 Å². The maximum Gasteiger partial charge on any atom is 0.0736 e. The number of rotatable bonds is 5. The van der Waals surface area contributed by atoms with E-state index in [1.807, 2.05) is 0 Å². The van der Waals surface area contributed by atoms with Crippen LogP contribution in [0.5, 0.6) is 0 Å². The second-order valence-corrected chi connectivity index (χ2v) is 6.30. The molecule has 0 aliphatic carbocycles. The molecule has 2 aliphatic rings. The number of ether oxygens (including phenoxy) is 2. The van der Waals surface area contributed by atoms with Crippen LogP contribution in [0.2, 0.25) is 0 Å². The molecule has 1 aromatic heterocycles. The van der Waals surface area contributed by atoms with E-state index >= 15 is 0 Å². The molecule has 0 bridgehead atoms. The lowest BCUT2D eigenvalue weighted by Gasteiger charge is -2.35. The first-order valence-electron chi connectivity index (χ1n) is 8.15. The van der Waals surface area contributed by atoms with Crippen molar-refractivity contribution in [3.05, 3.63) is 17.5 Å². The minimum absolute atomic E-state index is 0.409. The van der Waals surface area contributed by atoms with E-state index in [0.29, 0.717) is 5.92 Å². The summed E-state index contributed by atoms with van der Waals surface area (Å²) in [6.07, 6.45) is 4.62. The summed E-state index contributed by atoms with van der Waals surface area (Å²) in [5, 5.41) is 4.74. The summed E-state index contributed by atoms with van der Waals surface area (Å²) in [6.45, 7) is 8.98. The highest BCUT2D eigenvalue weighted by Crippen LogP contribution is 2.29. The van der Waals surface area contributed by atoms with Gasteiger partial charge in [0.25, 0.3) is 0 Å². The minimum atomic E-state index is 0.409. The first-order valence-corrected chi connectivity index (χ1v) is 8.15. The summed E-state index contributed by atoms with van der Waals surface area (Å²) in [5.41, 5.74) is 2.64. The van der Waals surface area contributed by atoms with Crippen molar-refractivity contribution in [1.82, 2.24) is 14.7 Å². The quantitative estimate of drug-likeness (QED) is 0.831. The predicted molar refractivity (Wildman–Crippen MR) is 81.3 cm³/mol. The Bertz CT molecular complexity index is 454. The Hall–Kier alpha value is -0.910. The second kappa shape index (κ2) is 6.90. The molecule has 3 heterocycles. The highest BCUT2D eigenvalue weighted by atomic mass is 16.5. The lowest BCUT2D eigenvalue weighted by molar-refractivity contribution is 0.0461. The fourth-order valence-corrected chi connectivity index (χ4v) is 3.57. The molecule has 118 valence electrons. The van der Waals surface area contributed by atoms with Gasteiger partial charge in [0.15, 0.2) is 0 Å². The molecule has 2 aliphatic heterocycles. The summed E-state index contributed by atoms with van der Waals surface area (Å²) in [6, 6.07) is 0. The molecule has 1 aromatic rings. The maximum absolute atomic E-state index is 5.47. The van der Waals surface area contributed by atoms with Crippen LogP contribution >= 0.6 is 0 Å². The van der Waals surface area contributed by atoms with E-state index in [-0.39, 0.29) is 0 Å². The van der Waals surface area contributed by atoms with Gasteiger partial charge in [-0.3, -0.25) is 9.58 Å². The summed E-state index contributed by atoms with van der Waals surface area (Å²) in [7, 11) is 1.79. The van der Waals surface area contributed by atoms with Gasteiger partial charge in [-0.15, -0.1) is 0 Å². The third-order valence-corrected chi connectivity index (χ3v) is 4.68. The number of hydrogen-bond donors (Lipinski definition) is 0. The van der Waals surface area contributed by atoms with Gasteiger partial charge in [0, 0.05) is 64.2 Å². The minimum Gasteiger partial charge on any atom is -0.384 e. The van der Waals surface area contributed by atoms with Crippen molar-refractivity contribution in [2.75, 3.05) is 40.0 Å². The Morgan fingerprint density at radius 2 is 2.19 bits per heavy atom. The lowest BCUT2D eigenvalue weighted by atomic mass is 9.94. The third kappa shape index (κ3) is 3.47. The van der Waals surface area contributed by atoms with Crippen LogP contribution in [0.4, 0.5) is 0 Å². The summed E-state index contributed by atoms with van der Waals surface area (Å²) in [4.78, 5) is 2.59. The molecule has 0 amide bonds. The fourth-order valence-electron chi connectivity index (χ4n) is 3.57. The van der Waals surface area contributed by atoms with Crippen molar-refractivity contribution in [2.24, 2.45) is 5.92 Å². The number of aromatic nitrogens is 2. The Labute approximate surface area is 127 Å². The Morgan fingerprint density at radius 1 is 1.38 bits per heavy atom. The van der Waals surface area contributed by atoms with E-state index in [4.69, 9.17) is 14.6 Å². The molecule has 0 radical (unpaired) electrons. The standard InChI is InChI=1S/C16H27N3O2/c1-3-19-11-14-9-18(8-13-4-6-21-7-5-13)10-15(12-20-2)16(14)17-19/h11,13,15H,3-10,12H2,1-2H3. The van der Waals surface area contributed by atoms with Crippen molar-refractivity contribution >= 4 is 0 Å². The molecule has 21 heavy (non-hydrogen) atoms. The van der Waals surface area contributed by atoms with Crippen molar-refractivity contribution in [3.8, 4) is 0 Å². The Balaban J connectivity index is 1.70. The second-order valence-electron chi connectivity index (χ2n) is 6.30. The van der Waals surface area contributed by atoms with Gasteiger partial charge in [0.1, 0.15) is 0 Å². The van der Waals surface area contributed by atoms with Crippen LogP contribution in [0, 0.1) is 5.92 Å². The molecule has 5 heteroatoms. The van der Waals surface area contributed by atoms with Gasteiger partial charge < -0.3 is 9.47 Å². The summed E-state index contributed by atoms with van der Waals surface area (Å²) >= 11 is 0. The summed E-state index contributed by atoms with van der Waals surface area (Å²) in [5.74, 6) is 1.19. The zero-order chi connectivity index (χ0) is 14.7. The highest BCUT2D eigenvalue weighted by molar-refractivity contribution is 5.24. The van der Waals surface area contributed by atoms with Crippen LogP contribution in [0.25, 0.3) is 0 Å². The SMILES string of the molecule is CCn1cc2c(n1)C(COC)CN(CC1CCOCC1)C2. The van der Waals surface area contributed by atoms with E-state index in [9.17, 15) is 0 Å². The van der Waals surface area contributed by atoms with E-state index in [1.165, 1.54) is 30.6 Å². The molecule has 1 unspecified atom stereocenters. The summed E-state index contributed by atoms with van der Waals surface area (Å²) < 4.78 is 13.0. The first-order chi connectivity index (χ1) is 10.3. The number of hydrogen-bond acceptors (Lipinski definition) is 4. The smallest absolute Gasteiger partial charge is 0.0736 e. The average Bonchev–Trinajstić information content (AvgIpc) is 2.92. The zero-order valence-electron chi connectivity index (χ0n) is 13.3. The Kier molecular flexibility index (Phi) is 4.93. The van der Waals surface area contributed by atoms with Gasteiger partial charge in [0.2, 0.25) is 0 Å². The number of aryl methyl sites for hydroxylation is 1. The molecule has 0 aromatic carbocycles. The number of nitrogens with zero attached hydrogens (tertiary/aromatic N) is 3. The van der Waals surface area contributed by atoms with Crippen LogP contribution in [-0.4, -0.2) is 54.7 Å². The van der Waals surface area contributed by atoms with E-state index < -0.39 is 0 Å². The lowest BCUT2D eigenvalue weighted by Crippen LogP contribution is -2.39. The predicted octanol–water partition coefficient (Wildman–Crippen LogP) is 1.88. The van der Waals surface area contributed by atoms with Crippen LogP contribution < -0.4 is 0 Å². The van der Waals surface area contributed by atoms with Gasteiger partial charge in [-0.1, -0.05) is 0 Å². The molecule has 5 nitrogen and oxygen atoms in total. The zero-order valence-corrected chi connectivity index (χ0v) is 13.3. The topological polar surface area (TPSA) is 39.5 Å². The van der Waals surface area contributed by atoms with Gasteiger partial charge >= 0.3 is 0 Å². The molecule has 1 saturated heterocycles. The largest absolute Gasteiger partial charge is 0.384 e.